The number of carbonyl (C=O) groups is 1. The number of likely N-dealkylation sites (tertiary alicyclic amines) is 1. The van der Waals surface area contributed by atoms with Crippen LogP contribution in [0.4, 0.5) is 0 Å². The Morgan fingerprint density at radius 1 is 1.39 bits per heavy atom. The monoisotopic (exact) mass is 404 g/mol. The highest BCUT2D eigenvalue weighted by molar-refractivity contribution is 6.31. The topological polar surface area (TPSA) is 50.6 Å². The third kappa shape index (κ3) is 4.74. The summed E-state index contributed by atoms with van der Waals surface area (Å²) in [5.41, 5.74) is 1.56. The molecule has 6 nitrogen and oxygen atoms in total. The summed E-state index contributed by atoms with van der Waals surface area (Å²) < 4.78 is 7.29. The summed E-state index contributed by atoms with van der Waals surface area (Å²) in [5.74, 6) is -0.0571. The Bertz CT molecular complexity index is 780. The van der Waals surface area contributed by atoms with E-state index in [-0.39, 0.29) is 5.91 Å². The number of rotatable bonds is 8. The first-order valence-electron chi connectivity index (χ1n) is 9.82. The van der Waals surface area contributed by atoms with Gasteiger partial charge in [0.25, 0.3) is 5.91 Å². The average Bonchev–Trinajstić information content (AvgIpc) is 3.27. The van der Waals surface area contributed by atoms with Crippen LogP contribution in [0.3, 0.4) is 0 Å². The van der Waals surface area contributed by atoms with Gasteiger partial charge < -0.3 is 9.64 Å². The molecule has 1 aliphatic rings. The Kier molecular flexibility index (Phi) is 7.10. The van der Waals surface area contributed by atoms with Gasteiger partial charge in [-0.25, -0.2) is 0 Å². The van der Waals surface area contributed by atoms with Gasteiger partial charge in [0.15, 0.2) is 6.10 Å². The Labute approximate surface area is 172 Å². The third-order valence-corrected chi connectivity index (χ3v) is 5.72. The average molecular weight is 405 g/mol. The van der Waals surface area contributed by atoms with Gasteiger partial charge in [0.2, 0.25) is 0 Å². The molecule has 7 heteroatoms. The van der Waals surface area contributed by atoms with Crippen molar-refractivity contribution in [1.29, 1.82) is 0 Å². The van der Waals surface area contributed by atoms with Crippen molar-refractivity contribution in [3.63, 3.8) is 0 Å². The molecule has 0 saturated carbocycles. The van der Waals surface area contributed by atoms with Crippen LogP contribution in [-0.4, -0.2) is 58.3 Å². The minimum absolute atomic E-state index is 0.0571. The molecule has 1 aromatic heterocycles. The predicted molar refractivity (Wildman–Crippen MR) is 110 cm³/mol. The Hall–Kier alpha value is -1.89. The minimum atomic E-state index is -0.639. The number of hydrogen-bond acceptors (Lipinski definition) is 4. The number of likely N-dealkylation sites (N-methyl/N-ethyl adjacent to an activating group) is 1. The van der Waals surface area contributed by atoms with Crippen molar-refractivity contribution in [1.82, 2.24) is 19.6 Å². The molecule has 0 radical (unpaired) electrons. The zero-order valence-electron chi connectivity index (χ0n) is 16.8. The number of halogens is 1. The molecule has 28 heavy (non-hydrogen) atoms. The predicted octanol–water partition coefficient (Wildman–Crippen LogP) is 3.27. The van der Waals surface area contributed by atoms with E-state index in [2.05, 4.69) is 16.9 Å². The van der Waals surface area contributed by atoms with Crippen LogP contribution < -0.4 is 0 Å². The van der Waals surface area contributed by atoms with Gasteiger partial charge in [-0.2, -0.15) is 5.10 Å². The van der Waals surface area contributed by atoms with Crippen LogP contribution in [0.5, 0.6) is 0 Å². The summed E-state index contributed by atoms with van der Waals surface area (Å²) >= 11 is 6.33. The van der Waals surface area contributed by atoms with Crippen molar-refractivity contribution in [2.45, 2.75) is 38.5 Å². The molecule has 0 unspecified atom stereocenters. The highest BCUT2D eigenvalue weighted by Gasteiger charge is 2.32. The van der Waals surface area contributed by atoms with Gasteiger partial charge in [0.1, 0.15) is 5.69 Å². The zero-order chi connectivity index (χ0) is 20.1. The van der Waals surface area contributed by atoms with Crippen molar-refractivity contribution >= 4 is 17.5 Å². The number of benzene rings is 1. The second-order valence-corrected chi connectivity index (χ2v) is 7.67. The summed E-state index contributed by atoms with van der Waals surface area (Å²) in [7, 11) is 3.41. The molecule has 1 aromatic carbocycles. The lowest BCUT2D eigenvalue weighted by Gasteiger charge is -2.32. The maximum absolute atomic E-state index is 13.5. The fraction of sp³-hybridized carbons (Fsp3) is 0.524. The van der Waals surface area contributed by atoms with Crippen LogP contribution in [0.15, 0.2) is 36.5 Å². The second kappa shape index (κ2) is 9.54. The highest BCUT2D eigenvalue weighted by atomic mass is 35.5. The maximum Gasteiger partial charge on any atom is 0.256 e. The molecule has 2 atom stereocenters. The van der Waals surface area contributed by atoms with Crippen molar-refractivity contribution in [3.8, 4) is 0 Å². The quantitative estimate of drug-likeness (QED) is 0.677. The van der Waals surface area contributed by atoms with Crippen LogP contribution in [-0.2, 0) is 23.1 Å². The third-order valence-electron chi connectivity index (χ3n) is 5.41. The maximum atomic E-state index is 13.5. The van der Waals surface area contributed by atoms with Gasteiger partial charge in [0, 0.05) is 32.9 Å². The summed E-state index contributed by atoms with van der Waals surface area (Å²) in [4.78, 5) is 17.8. The molecule has 1 amide bonds. The van der Waals surface area contributed by atoms with E-state index >= 15 is 0 Å². The number of hydrogen-bond donors (Lipinski definition) is 0. The van der Waals surface area contributed by atoms with Crippen molar-refractivity contribution in [2.75, 3.05) is 26.7 Å². The molecule has 2 heterocycles. The van der Waals surface area contributed by atoms with Crippen LogP contribution in [0, 0.1) is 0 Å². The highest BCUT2D eigenvalue weighted by Crippen LogP contribution is 2.25. The SMILES string of the molecule is CCN1CCC[C@@H]1CN(Cc1nn(C)cc1Cl)C(=O)[C@H](OC)c1ccccc1. The number of nitrogens with zero attached hydrogens (tertiary/aromatic N) is 4. The largest absolute Gasteiger partial charge is 0.367 e. The summed E-state index contributed by atoms with van der Waals surface area (Å²) in [6.45, 7) is 5.26. The van der Waals surface area contributed by atoms with Gasteiger partial charge in [-0.3, -0.25) is 14.4 Å². The molecule has 0 bridgehead atoms. The van der Waals surface area contributed by atoms with E-state index in [9.17, 15) is 4.79 Å². The molecule has 2 aromatic rings. The Morgan fingerprint density at radius 2 is 2.14 bits per heavy atom. The molecule has 0 N–H and O–H groups in total. The number of carbonyl (C=O) groups excluding carboxylic acids is 1. The van der Waals surface area contributed by atoms with Crippen LogP contribution in [0.2, 0.25) is 5.02 Å². The Morgan fingerprint density at radius 3 is 2.75 bits per heavy atom. The number of aromatic nitrogens is 2. The molecule has 3 rings (SSSR count). The van der Waals surface area contributed by atoms with E-state index in [0.717, 1.165) is 31.5 Å². The number of methoxy groups -OCH3 is 1. The van der Waals surface area contributed by atoms with Gasteiger partial charge in [-0.1, -0.05) is 48.9 Å². The summed E-state index contributed by atoms with van der Waals surface area (Å²) in [6, 6.07) is 9.97. The molecule has 0 aliphatic carbocycles. The number of amides is 1. The van der Waals surface area contributed by atoms with E-state index in [4.69, 9.17) is 16.3 Å². The summed E-state index contributed by atoms with van der Waals surface area (Å²) in [5, 5.41) is 5.02. The van der Waals surface area contributed by atoms with Crippen molar-refractivity contribution in [3.05, 3.63) is 52.8 Å². The number of aryl methyl sites for hydroxylation is 1. The first-order chi connectivity index (χ1) is 13.5. The first-order valence-corrected chi connectivity index (χ1v) is 10.2. The fourth-order valence-electron chi connectivity index (χ4n) is 3.97. The van der Waals surface area contributed by atoms with Gasteiger partial charge in [-0.05, 0) is 31.5 Å². The normalized spacial score (nSPS) is 18.4. The van der Waals surface area contributed by atoms with E-state index in [1.54, 1.807) is 18.0 Å². The van der Waals surface area contributed by atoms with Crippen molar-refractivity contribution in [2.24, 2.45) is 7.05 Å². The first kappa shape index (κ1) is 20.8. The second-order valence-electron chi connectivity index (χ2n) is 7.27. The number of ether oxygens (including phenoxy) is 1. The van der Waals surface area contributed by atoms with E-state index < -0.39 is 6.10 Å². The fourth-order valence-corrected chi connectivity index (χ4v) is 4.21. The smallest absolute Gasteiger partial charge is 0.256 e. The standard InChI is InChI=1S/C21H29ClN4O2/c1-4-25-12-8-11-17(25)13-26(15-19-18(22)14-24(2)23-19)21(27)20(28-3)16-9-6-5-7-10-16/h5-7,9-10,14,17,20H,4,8,11-13,15H2,1-3H3/t17-,20-/m1/s1. The lowest BCUT2D eigenvalue weighted by molar-refractivity contribution is -0.144. The Balaban J connectivity index is 1.85. The lowest BCUT2D eigenvalue weighted by atomic mass is 10.1. The van der Waals surface area contributed by atoms with Crippen molar-refractivity contribution < 1.29 is 9.53 Å². The molecule has 0 spiro atoms. The lowest BCUT2D eigenvalue weighted by Crippen LogP contribution is -2.44. The molecule has 1 aliphatic heterocycles. The molecular weight excluding hydrogens is 376 g/mol. The minimum Gasteiger partial charge on any atom is -0.367 e. The van der Waals surface area contributed by atoms with Gasteiger partial charge in [-0.15, -0.1) is 0 Å². The molecule has 1 fully saturated rings. The van der Waals surface area contributed by atoms with Gasteiger partial charge in [0.05, 0.1) is 11.6 Å². The van der Waals surface area contributed by atoms with Crippen LogP contribution in [0.25, 0.3) is 0 Å². The molecule has 152 valence electrons. The zero-order valence-corrected chi connectivity index (χ0v) is 17.6. The van der Waals surface area contributed by atoms with E-state index in [1.807, 2.05) is 42.3 Å². The van der Waals surface area contributed by atoms with Crippen LogP contribution >= 0.6 is 11.6 Å². The van der Waals surface area contributed by atoms with E-state index in [1.165, 1.54) is 0 Å². The van der Waals surface area contributed by atoms with Crippen LogP contribution in [0.1, 0.15) is 37.1 Å². The van der Waals surface area contributed by atoms with Gasteiger partial charge >= 0.3 is 0 Å². The molecular formula is C21H29ClN4O2. The molecule has 1 saturated heterocycles. The summed E-state index contributed by atoms with van der Waals surface area (Å²) in [6.07, 6.45) is 3.38. The van der Waals surface area contributed by atoms with E-state index in [0.29, 0.717) is 29.8 Å².